The first kappa shape index (κ1) is 18.3. The molecule has 0 fully saturated rings. The van der Waals surface area contributed by atoms with E-state index in [-0.39, 0.29) is 18.7 Å². The minimum atomic E-state index is -3.10. The fourth-order valence-corrected chi connectivity index (χ4v) is 3.81. The lowest BCUT2D eigenvalue weighted by molar-refractivity contribution is 0.0230. The second kappa shape index (κ2) is 7.05. The Bertz CT molecular complexity index is 874. The molecule has 2 heterocycles. The Balaban J connectivity index is 2.16. The van der Waals surface area contributed by atoms with Gasteiger partial charge in [-0.3, -0.25) is 4.57 Å². The van der Waals surface area contributed by atoms with Crippen LogP contribution in [0.4, 0.5) is 8.78 Å². The van der Waals surface area contributed by atoms with Gasteiger partial charge in [-0.05, 0) is 6.07 Å². The van der Waals surface area contributed by atoms with Crippen molar-refractivity contribution in [3.8, 4) is 0 Å². The SMILES string of the molecule is CP(C)(=O)OC(Cn1cncn1)(Cn1cncn1)c1ccc(F)cc1F. The lowest BCUT2D eigenvalue weighted by Crippen LogP contribution is -2.39. The van der Waals surface area contributed by atoms with Crippen LogP contribution in [0.2, 0.25) is 0 Å². The second-order valence-corrected chi connectivity index (χ2v) is 8.83. The summed E-state index contributed by atoms with van der Waals surface area (Å²) >= 11 is 0. The van der Waals surface area contributed by atoms with E-state index in [9.17, 15) is 13.3 Å². The van der Waals surface area contributed by atoms with Crippen LogP contribution in [0.15, 0.2) is 43.5 Å². The highest BCUT2D eigenvalue weighted by Gasteiger charge is 2.41. The van der Waals surface area contributed by atoms with Crippen molar-refractivity contribution in [3.63, 3.8) is 0 Å². The molecule has 0 saturated heterocycles. The molecule has 0 aliphatic carbocycles. The Hall–Kier alpha value is -2.45. The Labute approximate surface area is 148 Å². The van der Waals surface area contributed by atoms with Gasteiger partial charge in [0.25, 0.3) is 0 Å². The molecule has 26 heavy (non-hydrogen) atoms. The highest BCUT2D eigenvalue weighted by Crippen LogP contribution is 2.48. The smallest absolute Gasteiger partial charge is 0.198 e. The predicted octanol–water partition coefficient (Wildman–Crippen LogP) is 2.30. The van der Waals surface area contributed by atoms with Gasteiger partial charge in [0.1, 0.15) is 42.5 Å². The largest absolute Gasteiger partial charge is 0.313 e. The average Bonchev–Trinajstić information content (AvgIpc) is 3.19. The van der Waals surface area contributed by atoms with Crippen LogP contribution in [-0.4, -0.2) is 42.9 Å². The first-order valence-electron chi connectivity index (χ1n) is 7.63. The fraction of sp³-hybridized carbons (Fsp3) is 0.333. The maximum absolute atomic E-state index is 14.7. The van der Waals surface area contributed by atoms with Crippen molar-refractivity contribution in [2.24, 2.45) is 0 Å². The highest BCUT2D eigenvalue weighted by atomic mass is 31.2. The molecule has 0 bridgehead atoms. The lowest BCUT2D eigenvalue weighted by Gasteiger charge is -2.35. The van der Waals surface area contributed by atoms with Crippen LogP contribution in [0.3, 0.4) is 0 Å². The molecule has 0 aliphatic rings. The molecule has 0 spiro atoms. The molecule has 138 valence electrons. The standard InChI is InChI=1S/C15H17F2N6O2P/c1-26(2,24)25-15(6-22-10-18-8-20-22,7-23-11-19-9-21-23)13-4-3-12(16)5-14(13)17/h3-5,8-11H,6-7H2,1-2H3. The van der Waals surface area contributed by atoms with Crippen molar-refractivity contribution in [2.75, 3.05) is 13.3 Å². The number of benzene rings is 1. The van der Waals surface area contributed by atoms with Gasteiger partial charge < -0.3 is 4.52 Å². The number of aromatic nitrogens is 6. The molecule has 0 unspecified atom stereocenters. The fourth-order valence-electron chi connectivity index (χ4n) is 2.76. The quantitative estimate of drug-likeness (QED) is 0.583. The van der Waals surface area contributed by atoms with Gasteiger partial charge in [-0.15, -0.1) is 0 Å². The molecule has 3 aromatic rings. The molecule has 2 aromatic heterocycles. The van der Waals surface area contributed by atoms with Crippen LogP contribution in [-0.2, 0) is 27.8 Å². The highest BCUT2D eigenvalue weighted by molar-refractivity contribution is 7.57. The second-order valence-electron chi connectivity index (χ2n) is 6.15. The topological polar surface area (TPSA) is 87.7 Å². The maximum Gasteiger partial charge on any atom is 0.198 e. The third kappa shape index (κ3) is 4.20. The van der Waals surface area contributed by atoms with E-state index in [1.807, 2.05) is 0 Å². The third-order valence-corrected chi connectivity index (χ3v) is 4.37. The zero-order valence-corrected chi connectivity index (χ0v) is 15.1. The van der Waals surface area contributed by atoms with Crippen molar-refractivity contribution < 1.29 is 17.9 Å². The average molecular weight is 382 g/mol. The number of hydrogen-bond donors (Lipinski definition) is 0. The van der Waals surface area contributed by atoms with E-state index in [0.717, 1.165) is 12.1 Å². The van der Waals surface area contributed by atoms with E-state index < -0.39 is 24.6 Å². The molecule has 1 aromatic carbocycles. The molecule has 0 N–H and O–H groups in total. The summed E-state index contributed by atoms with van der Waals surface area (Å²) in [7, 11) is -3.10. The van der Waals surface area contributed by atoms with Gasteiger partial charge in [-0.25, -0.2) is 28.1 Å². The number of nitrogens with zero attached hydrogens (tertiary/aromatic N) is 6. The van der Waals surface area contributed by atoms with Gasteiger partial charge in [-0.2, -0.15) is 10.2 Å². The normalized spacial score (nSPS) is 12.5. The molecule has 0 radical (unpaired) electrons. The van der Waals surface area contributed by atoms with E-state index in [1.165, 1.54) is 54.1 Å². The minimum absolute atomic E-state index is 0.0128. The Morgan fingerprint density at radius 2 is 1.65 bits per heavy atom. The first-order chi connectivity index (χ1) is 12.3. The Morgan fingerprint density at radius 3 is 2.08 bits per heavy atom. The summed E-state index contributed by atoms with van der Waals surface area (Å²) in [5, 5.41) is 8.05. The van der Waals surface area contributed by atoms with Crippen molar-refractivity contribution in [1.82, 2.24) is 29.5 Å². The summed E-state index contributed by atoms with van der Waals surface area (Å²) in [6.07, 6.45) is 5.49. The van der Waals surface area contributed by atoms with Gasteiger partial charge in [0.05, 0.1) is 13.1 Å². The van der Waals surface area contributed by atoms with Crippen LogP contribution in [0, 0.1) is 11.6 Å². The van der Waals surface area contributed by atoms with Gasteiger partial charge >= 0.3 is 0 Å². The molecule has 0 saturated carbocycles. The molecule has 0 amide bonds. The Kier molecular flexibility index (Phi) is 4.97. The number of halogens is 2. The van der Waals surface area contributed by atoms with Gasteiger partial charge in [-0.1, -0.05) is 6.07 Å². The van der Waals surface area contributed by atoms with Crippen LogP contribution >= 0.6 is 7.37 Å². The van der Waals surface area contributed by atoms with Crippen LogP contribution in [0.25, 0.3) is 0 Å². The molecule has 11 heteroatoms. The molecule has 3 rings (SSSR count). The van der Waals surface area contributed by atoms with Crippen molar-refractivity contribution >= 4 is 7.37 Å². The maximum atomic E-state index is 14.7. The minimum Gasteiger partial charge on any atom is -0.313 e. The van der Waals surface area contributed by atoms with Crippen LogP contribution < -0.4 is 0 Å². The molecule has 0 atom stereocenters. The first-order valence-corrected chi connectivity index (χ1v) is 10.2. The number of hydrogen-bond acceptors (Lipinski definition) is 6. The van der Waals surface area contributed by atoms with Crippen molar-refractivity contribution in [1.29, 1.82) is 0 Å². The van der Waals surface area contributed by atoms with Gasteiger partial charge in [0.2, 0.25) is 0 Å². The predicted molar refractivity (Wildman–Crippen MR) is 88.6 cm³/mol. The summed E-state index contributed by atoms with van der Waals surface area (Å²) in [6.45, 7) is 2.82. The number of rotatable bonds is 7. The third-order valence-electron chi connectivity index (χ3n) is 3.58. The van der Waals surface area contributed by atoms with E-state index >= 15 is 0 Å². The van der Waals surface area contributed by atoms with E-state index in [2.05, 4.69) is 20.2 Å². The van der Waals surface area contributed by atoms with Gasteiger partial charge in [0.15, 0.2) is 7.37 Å². The van der Waals surface area contributed by atoms with Crippen LogP contribution in [0.1, 0.15) is 5.56 Å². The molecule has 0 aliphatic heterocycles. The summed E-state index contributed by atoms with van der Waals surface area (Å²) < 4.78 is 49.4. The summed E-state index contributed by atoms with van der Waals surface area (Å²) in [5.41, 5.74) is -1.44. The lowest BCUT2D eigenvalue weighted by atomic mass is 9.93. The summed E-state index contributed by atoms with van der Waals surface area (Å²) in [6, 6.07) is 3.15. The summed E-state index contributed by atoms with van der Waals surface area (Å²) in [4.78, 5) is 7.74. The van der Waals surface area contributed by atoms with Crippen molar-refractivity contribution in [3.05, 3.63) is 60.7 Å². The van der Waals surface area contributed by atoms with E-state index in [4.69, 9.17) is 4.52 Å². The molecule has 8 nitrogen and oxygen atoms in total. The monoisotopic (exact) mass is 382 g/mol. The Morgan fingerprint density at radius 1 is 1.08 bits per heavy atom. The summed E-state index contributed by atoms with van der Waals surface area (Å²) in [5.74, 6) is -1.54. The van der Waals surface area contributed by atoms with E-state index in [0.29, 0.717) is 0 Å². The van der Waals surface area contributed by atoms with E-state index in [1.54, 1.807) is 0 Å². The van der Waals surface area contributed by atoms with Crippen molar-refractivity contribution in [2.45, 2.75) is 18.7 Å². The zero-order chi connectivity index (χ0) is 18.8. The molecular weight excluding hydrogens is 365 g/mol. The zero-order valence-electron chi connectivity index (χ0n) is 14.2. The van der Waals surface area contributed by atoms with Gasteiger partial charge in [0, 0.05) is 25.0 Å². The molecular formula is C15H17F2N6O2P. The van der Waals surface area contributed by atoms with Crippen LogP contribution in [0.5, 0.6) is 0 Å².